The largest absolute Gasteiger partial charge is 0.391 e. The highest BCUT2D eigenvalue weighted by Gasteiger charge is 2.33. The van der Waals surface area contributed by atoms with Gasteiger partial charge in [-0.15, -0.1) is 0 Å². The molecule has 88 valence electrons. The van der Waals surface area contributed by atoms with Crippen LogP contribution in [-0.2, 0) is 0 Å². The maximum atomic E-state index is 12.1. The van der Waals surface area contributed by atoms with Crippen molar-refractivity contribution < 1.29 is 18.0 Å². The lowest BCUT2D eigenvalue weighted by molar-refractivity contribution is -0.136. The Kier molecular flexibility index (Phi) is 3.70. The molecule has 1 unspecified atom stereocenters. The van der Waals surface area contributed by atoms with E-state index in [9.17, 15) is 18.0 Å². The molecule has 0 saturated carbocycles. The molecular formula is C11H12F3NO. The summed E-state index contributed by atoms with van der Waals surface area (Å²) in [4.78, 5) is 11.6. The van der Waals surface area contributed by atoms with Gasteiger partial charge in [0.25, 0.3) is 0 Å². The smallest absolute Gasteiger partial charge is 0.321 e. The highest BCUT2D eigenvalue weighted by Crippen LogP contribution is 2.22. The standard InChI is InChI=1S/C11H12F3NO/c1-7-4-2-3-5-8(7)10(16)9(15)6-11(12,13)14/h2-5,9H,6,15H2,1H3. The van der Waals surface area contributed by atoms with E-state index in [1.807, 2.05) is 0 Å². The number of ketones is 1. The summed E-state index contributed by atoms with van der Waals surface area (Å²) in [6.07, 6.45) is -5.71. The van der Waals surface area contributed by atoms with Crippen molar-refractivity contribution in [2.75, 3.05) is 0 Å². The summed E-state index contributed by atoms with van der Waals surface area (Å²) in [5, 5.41) is 0. The number of aryl methyl sites for hydroxylation is 1. The second-order valence-corrected chi connectivity index (χ2v) is 3.60. The molecule has 5 heteroatoms. The van der Waals surface area contributed by atoms with Crippen LogP contribution in [0, 0.1) is 6.92 Å². The minimum absolute atomic E-state index is 0.249. The number of halogens is 3. The molecular weight excluding hydrogens is 219 g/mol. The van der Waals surface area contributed by atoms with Gasteiger partial charge in [-0.3, -0.25) is 4.79 Å². The highest BCUT2D eigenvalue weighted by molar-refractivity contribution is 6.01. The van der Waals surface area contributed by atoms with E-state index in [-0.39, 0.29) is 5.56 Å². The van der Waals surface area contributed by atoms with Crippen molar-refractivity contribution in [3.63, 3.8) is 0 Å². The second-order valence-electron chi connectivity index (χ2n) is 3.60. The minimum atomic E-state index is -4.42. The van der Waals surface area contributed by atoms with Crippen molar-refractivity contribution >= 4 is 5.78 Å². The van der Waals surface area contributed by atoms with Crippen LogP contribution in [0.3, 0.4) is 0 Å². The number of carbonyl (C=O) groups is 1. The monoisotopic (exact) mass is 231 g/mol. The van der Waals surface area contributed by atoms with Gasteiger partial charge in [0, 0.05) is 5.56 Å². The van der Waals surface area contributed by atoms with Crippen LogP contribution in [0.1, 0.15) is 22.3 Å². The molecule has 0 saturated heterocycles. The number of Topliss-reactive ketones (excluding diaryl/α,β-unsaturated/α-hetero) is 1. The summed E-state index contributed by atoms with van der Waals surface area (Å²) in [5.74, 6) is -0.671. The number of carbonyl (C=O) groups excluding carboxylic acids is 1. The first-order valence-corrected chi connectivity index (χ1v) is 4.73. The average molecular weight is 231 g/mol. The third kappa shape index (κ3) is 3.34. The lowest BCUT2D eigenvalue weighted by Crippen LogP contribution is -2.35. The number of benzene rings is 1. The molecule has 0 amide bonds. The molecule has 0 bridgehead atoms. The molecule has 0 aromatic heterocycles. The van der Waals surface area contributed by atoms with Crippen LogP contribution in [0.25, 0.3) is 0 Å². The first-order chi connectivity index (χ1) is 7.31. The Balaban J connectivity index is 2.83. The molecule has 0 aliphatic heterocycles. The Labute approximate surface area is 91.3 Å². The molecule has 0 fully saturated rings. The van der Waals surface area contributed by atoms with E-state index < -0.39 is 24.4 Å². The van der Waals surface area contributed by atoms with Crippen LogP contribution >= 0.6 is 0 Å². The van der Waals surface area contributed by atoms with E-state index in [4.69, 9.17) is 5.73 Å². The van der Waals surface area contributed by atoms with Crippen LogP contribution in [0.2, 0.25) is 0 Å². The second kappa shape index (κ2) is 4.65. The molecule has 0 heterocycles. The molecule has 1 atom stereocenters. The zero-order chi connectivity index (χ0) is 12.3. The number of hydrogen-bond acceptors (Lipinski definition) is 2. The summed E-state index contributed by atoms with van der Waals surface area (Å²) < 4.78 is 36.2. The van der Waals surface area contributed by atoms with Crippen molar-refractivity contribution in [1.82, 2.24) is 0 Å². The average Bonchev–Trinajstić information content (AvgIpc) is 2.15. The summed E-state index contributed by atoms with van der Waals surface area (Å²) in [7, 11) is 0. The normalized spacial score (nSPS) is 13.6. The van der Waals surface area contributed by atoms with Crippen LogP contribution in [0.4, 0.5) is 13.2 Å². The van der Waals surface area contributed by atoms with Crippen molar-refractivity contribution in [2.45, 2.75) is 25.6 Å². The molecule has 0 aliphatic carbocycles. The number of nitrogens with two attached hydrogens (primary N) is 1. The Morgan fingerprint density at radius 1 is 1.38 bits per heavy atom. The molecule has 2 N–H and O–H groups in total. The Bertz CT molecular complexity index is 387. The number of hydrogen-bond donors (Lipinski definition) is 1. The summed E-state index contributed by atoms with van der Waals surface area (Å²) in [5.41, 5.74) is 6.11. The number of alkyl halides is 3. The summed E-state index contributed by atoms with van der Waals surface area (Å²) in [6, 6.07) is 4.92. The maximum Gasteiger partial charge on any atom is 0.391 e. The van der Waals surface area contributed by atoms with Crippen molar-refractivity contribution in [3.05, 3.63) is 35.4 Å². The molecule has 2 nitrogen and oxygen atoms in total. The van der Waals surface area contributed by atoms with Gasteiger partial charge in [-0.2, -0.15) is 13.2 Å². The van der Waals surface area contributed by atoms with E-state index in [0.29, 0.717) is 5.56 Å². The van der Waals surface area contributed by atoms with Gasteiger partial charge in [0.15, 0.2) is 5.78 Å². The molecule has 0 radical (unpaired) electrons. The van der Waals surface area contributed by atoms with Gasteiger partial charge >= 0.3 is 6.18 Å². The van der Waals surface area contributed by atoms with Gasteiger partial charge in [-0.25, -0.2) is 0 Å². The SMILES string of the molecule is Cc1ccccc1C(=O)C(N)CC(F)(F)F. The van der Waals surface area contributed by atoms with Gasteiger partial charge in [-0.1, -0.05) is 24.3 Å². The summed E-state index contributed by atoms with van der Waals surface area (Å²) >= 11 is 0. The van der Waals surface area contributed by atoms with E-state index >= 15 is 0 Å². The van der Waals surface area contributed by atoms with Crippen molar-refractivity contribution in [1.29, 1.82) is 0 Å². The maximum absolute atomic E-state index is 12.1. The fourth-order valence-electron chi connectivity index (χ4n) is 1.39. The Morgan fingerprint density at radius 2 is 1.94 bits per heavy atom. The first-order valence-electron chi connectivity index (χ1n) is 4.73. The van der Waals surface area contributed by atoms with Crippen LogP contribution in [0.15, 0.2) is 24.3 Å². The quantitative estimate of drug-likeness (QED) is 0.812. The molecule has 0 spiro atoms. The first kappa shape index (κ1) is 12.7. The van der Waals surface area contributed by atoms with Crippen molar-refractivity contribution in [3.8, 4) is 0 Å². The van der Waals surface area contributed by atoms with E-state index in [0.717, 1.165) is 0 Å². The van der Waals surface area contributed by atoms with Gasteiger partial charge in [0.05, 0.1) is 12.5 Å². The zero-order valence-corrected chi connectivity index (χ0v) is 8.71. The lowest BCUT2D eigenvalue weighted by Gasteiger charge is -2.14. The van der Waals surface area contributed by atoms with Gasteiger partial charge in [-0.05, 0) is 12.5 Å². The van der Waals surface area contributed by atoms with Crippen LogP contribution in [-0.4, -0.2) is 18.0 Å². The van der Waals surface area contributed by atoms with E-state index in [1.165, 1.54) is 6.07 Å². The fourth-order valence-corrected chi connectivity index (χ4v) is 1.39. The fraction of sp³-hybridized carbons (Fsp3) is 0.364. The molecule has 1 aromatic carbocycles. The third-order valence-electron chi connectivity index (χ3n) is 2.20. The zero-order valence-electron chi connectivity index (χ0n) is 8.71. The molecule has 1 rings (SSSR count). The van der Waals surface area contributed by atoms with Gasteiger partial charge in [0.1, 0.15) is 0 Å². The Hall–Kier alpha value is -1.36. The van der Waals surface area contributed by atoms with E-state index in [2.05, 4.69) is 0 Å². The minimum Gasteiger partial charge on any atom is -0.321 e. The predicted octanol–water partition coefficient (Wildman–Crippen LogP) is 2.46. The third-order valence-corrected chi connectivity index (χ3v) is 2.20. The van der Waals surface area contributed by atoms with E-state index in [1.54, 1.807) is 25.1 Å². The highest BCUT2D eigenvalue weighted by atomic mass is 19.4. The van der Waals surface area contributed by atoms with Crippen LogP contribution < -0.4 is 5.73 Å². The Morgan fingerprint density at radius 3 is 2.44 bits per heavy atom. The summed E-state index contributed by atoms with van der Waals surface area (Å²) in [6.45, 7) is 1.66. The topological polar surface area (TPSA) is 43.1 Å². The molecule has 16 heavy (non-hydrogen) atoms. The van der Waals surface area contributed by atoms with Gasteiger partial charge in [0.2, 0.25) is 0 Å². The lowest BCUT2D eigenvalue weighted by atomic mass is 9.98. The molecule has 1 aromatic rings. The van der Waals surface area contributed by atoms with Gasteiger partial charge < -0.3 is 5.73 Å². The predicted molar refractivity (Wildman–Crippen MR) is 54.2 cm³/mol. The van der Waals surface area contributed by atoms with Crippen LogP contribution in [0.5, 0.6) is 0 Å². The number of rotatable bonds is 3. The molecule has 0 aliphatic rings. The van der Waals surface area contributed by atoms with Crippen molar-refractivity contribution in [2.24, 2.45) is 5.73 Å².